The number of ether oxygens (including phenoxy) is 4. The van der Waals surface area contributed by atoms with Gasteiger partial charge in [-0.25, -0.2) is 9.13 Å². The van der Waals surface area contributed by atoms with E-state index < -0.39 is 97.5 Å². The molecule has 0 saturated carbocycles. The van der Waals surface area contributed by atoms with E-state index in [1.807, 2.05) is 0 Å². The Morgan fingerprint density at radius 3 is 0.701 bits per heavy atom. The molecule has 0 rings (SSSR count). The third-order valence-electron chi connectivity index (χ3n) is 18.3. The molecule has 0 heterocycles. The van der Waals surface area contributed by atoms with Gasteiger partial charge in [-0.05, 0) is 31.6 Å². The number of aliphatic hydroxyl groups excluding tert-OH is 1. The fraction of sp³-hybridized carbons (Fsp3) is 0.949. The van der Waals surface area contributed by atoms with Crippen LogP contribution in [-0.4, -0.2) is 96.7 Å². The van der Waals surface area contributed by atoms with Gasteiger partial charge in [-0.15, -0.1) is 0 Å². The lowest BCUT2D eigenvalue weighted by atomic mass is 10.0. The van der Waals surface area contributed by atoms with Crippen molar-refractivity contribution in [3.8, 4) is 0 Å². The van der Waals surface area contributed by atoms with Crippen LogP contribution in [0.3, 0.4) is 0 Å². The van der Waals surface area contributed by atoms with Gasteiger partial charge < -0.3 is 33.8 Å². The normalized spacial score (nSPS) is 13.9. The van der Waals surface area contributed by atoms with Crippen LogP contribution in [-0.2, 0) is 65.4 Å². The number of esters is 4. The van der Waals surface area contributed by atoms with Gasteiger partial charge in [-0.1, -0.05) is 362 Å². The number of carbonyl (C=O) groups excluding carboxylic acids is 4. The molecule has 0 radical (unpaired) electrons. The zero-order valence-corrected chi connectivity index (χ0v) is 65.0. The summed E-state index contributed by atoms with van der Waals surface area (Å²) in [6.07, 6.45) is 61.1. The Labute approximate surface area is 594 Å². The first-order valence-corrected chi connectivity index (χ1v) is 43.6. The second kappa shape index (κ2) is 71.1. The van der Waals surface area contributed by atoms with Crippen LogP contribution in [0.25, 0.3) is 0 Å². The SMILES string of the molecule is CCCCCCCCCCCCCCCCCCCCCC(=O)O[C@H](COC(=O)CCCCCCCCCCCCCCC(C)C)COP(=O)(O)OC[C@@H](O)COP(=O)(O)OC[C@@H](COC(=O)CCCCCCCCCC)OC(=O)CCCCCCCCCCCCCCCCC. The highest BCUT2D eigenvalue weighted by atomic mass is 31.2. The Hall–Kier alpha value is -1.94. The van der Waals surface area contributed by atoms with Gasteiger partial charge in [0.1, 0.15) is 19.3 Å². The topological polar surface area (TPSA) is 237 Å². The van der Waals surface area contributed by atoms with E-state index >= 15 is 0 Å². The molecule has 0 bridgehead atoms. The van der Waals surface area contributed by atoms with Crippen molar-refractivity contribution in [2.45, 2.75) is 432 Å². The lowest BCUT2D eigenvalue weighted by molar-refractivity contribution is -0.161. The maximum absolute atomic E-state index is 13.1. The van der Waals surface area contributed by atoms with Crippen molar-refractivity contribution in [3.05, 3.63) is 0 Å². The minimum Gasteiger partial charge on any atom is -0.462 e. The Balaban J connectivity index is 5.20. The summed E-state index contributed by atoms with van der Waals surface area (Å²) in [5.74, 6) is -1.33. The van der Waals surface area contributed by atoms with Gasteiger partial charge >= 0.3 is 39.5 Å². The monoisotopic (exact) mass is 1420 g/mol. The molecule has 5 atom stereocenters. The van der Waals surface area contributed by atoms with E-state index in [1.54, 1.807) is 0 Å². The maximum atomic E-state index is 13.1. The van der Waals surface area contributed by atoms with Crippen LogP contribution in [0.1, 0.15) is 413 Å². The molecule has 3 N–H and O–H groups in total. The van der Waals surface area contributed by atoms with Crippen LogP contribution in [0.5, 0.6) is 0 Å². The van der Waals surface area contributed by atoms with Crippen molar-refractivity contribution < 1.29 is 80.2 Å². The summed E-state index contributed by atoms with van der Waals surface area (Å²) in [5, 5.41) is 10.6. The average molecular weight is 1420 g/mol. The Kier molecular flexibility index (Phi) is 69.6. The number of unbranched alkanes of at least 4 members (excludes halogenated alkanes) is 50. The first-order valence-electron chi connectivity index (χ1n) is 40.6. The number of hydrogen-bond donors (Lipinski definition) is 3. The van der Waals surface area contributed by atoms with Gasteiger partial charge in [0.15, 0.2) is 12.2 Å². The number of aliphatic hydroxyl groups is 1. The zero-order chi connectivity index (χ0) is 71.2. The summed E-state index contributed by atoms with van der Waals surface area (Å²) in [7, 11) is -9.91. The van der Waals surface area contributed by atoms with E-state index in [9.17, 15) is 43.2 Å². The molecule has 576 valence electrons. The van der Waals surface area contributed by atoms with Crippen molar-refractivity contribution in [3.63, 3.8) is 0 Å². The molecule has 0 saturated heterocycles. The molecule has 0 spiro atoms. The van der Waals surface area contributed by atoms with E-state index in [0.717, 1.165) is 102 Å². The predicted octanol–water partition coefficient (Wildman–Crippen LogP) is 23.3. The molecule has 0 aliphatic heterocycles. The summed E-state index contributed by atoms with van der Waals surface area (Å²) in [5.41, 5.74) is 0. The minimum absolute atomic E-state index is 0.108. The number of phosphoric acid groups is 2. The zero-order valence-electron chi connectivity index (χ0n) is 63.2. The molecule has 0 fully saturated rings. The van der Waals surface area contributed by atoms with Gasteiger partial charge in [0, 0.05) is 25.7 Å². The van der Waals surface area contributed by atoms with Gasteiger partial charge in [0.2, 0.25) is 0 Å². The highest BCUT2D eigenvalue weighted by Gasteiger charge is 2.30. The largest absolute Gasteiger partial charge is 0.472 e. The molecular formula is C78H152O17P2. The van der Waals surface area contributed by atoms with Gasteiger partial charge in [0.25, 0.3) is 0 Å². The van der Waals surface area contributed by atoms with Gasteiger partial charge in [0.05, 0.1) is 26.4 Å². The van der Waals surface area contributed by atoms with E-state index in [4.69, 9.17) is 37.0 Å². The fourth-order valence-electron chi connectivity index (χ4n) is 12.1. The standard InChI is InChI=1S/C78H152O17P2/c1-6-9-12-15-18-21-23-25-27-28-29-30-32-34-40-44-49-54-59-64-78(83)95-74(68-89-76(81)62-57-52-47-42-38-36-35-37-41-45-50-55-60-71(4)5)70-93-97(86,87)91-66-72(79)65-90-96(84,85)92-69-73(67-88-75(80)61-56-51-46-20-17-14-11-8-3)94-77(82)63-58-53-48-43-39-33-31-26-24-22-19-16-13-10-7-2/h71-74,79H,6-70H2,1-5H3,(H,84,85)(H,86,87)/t72-,73+,74+/m0/s1. The lowest BCUT2D eigenvalue weighted by Crippen LogP contribution is -2.30. The molecule has 0 amide bonds. The van der Waals surface area contributed by atoms with Gasteiger partial charge in [-0.3, -0.25) is 37.3 Å². The van der Waals surface area contributed by atoms with Crippen molar-refractivity contribution in [1.29, 1.82) is 0 Å². The summed E-state index contributed by atoms with van der Waals surface area (Å²) >= 11 is 0. The molecule has 0 aliphatic carbocycles. The third kappa shape index (κ3) is 72.2. The molecule has 0 aromatic rings. The van der Waals surface area contributed by atoms with Crippen LogP contribution in [0.15, 0.2) is 0 Å². The van der Waals surface area contributed by atoms with E-state index in [-0.39, 0.29) is 25.7 Å². The van der Waals surface area contributed by atoms with Crippen LogP contribution >= 0.6 is 15.6 Å². The first-order chi connectivity index (χ1) is 47.0. The van der Waals surface area contributed by atoms with Crippen molar-refractivity contribution >= 4 is 39.5 Å². The van der Waals surface area contributed by atoms with E-state index in [1.165, 1.54) is 231 Å². The first kappa shape index (κ1) is 95.1. The average Bonchev–Trinajstić information content (AvgIpc) is 2.61. The van der Waals surface area contributed by atoms with E-state index in [0.29, 0.717) is 25.7 Å². The number of rotatable bonds is 78. The van der Waals surface area contributed by atoms with Gasteiger partial charge in [-0.2, -0.15) is 0 Å². The maximum Gasteiger partial charge on any atom is 0.472 e. The summed E-state index contributed by atoms with van der Waals surface area (Å²) in [6, 6.07) is 0. The number of carbonyl (C=O) groups is 4. The second-order valence-electron chi connectivity index (χ2n) is 28.6. The molecular weight excluding hydrogens is 1270 g/mol. The van der Waals surface area contributed by atoms with E-state index in [2.05, 4.69) is 34.6 Å². The Bertz CT molecular complexity index is 1860. The lowest BCUT2D eigenvalue weighted by Gasteiger charge is -2.21. The summed E-state index contributed by atoms with van der Waals surface area (Å²) < 4.78 is 68.6. The van der Waals surface area contributed by atoms with Crippen molar-refractivity contribution in [2.24, 2.45) is 5.92 Å². The molecule has 0 aromatic carbocycles. The molecule has 2 unspecified atom stereocenters. The van der Waals surface area contributed by atoms with Crippen molar-refractivity contribution in [1.82, 2.24) is 0 Å². The fourth-order valence-corrected chi connectivity index (χ4v) is 13.6. The molecule has 17 nitrogen and oxygen atoms in total. The second-order valence-corrected chi connectivity index (χ2v) is 31.5. The summed E-state index contributed by atoms with van der Waals surface area (Å²) in [6.45, 7) is 7.30. The Morgan fingerprint density at radius 2 is 0.474 bits per heavy atom. The van der Waals surface area contributed by atoms with Crippen LogP contribution in [0.2, 0.25) is 0 Å². The summed E-state index contributed by atoms with van der Waals surface area (Å²) in [4.78, 5) is 72.8. The molecule has 0 aromatic heterocycles. The molecule has 19 heteroatoms. The molecule has 97 heavy (non-hydrogen) atoms. The van der Waals surface area contributed by atoms with Crippen LogP contribution in [0, 0.1) is 5.92 Å². The molecule has 0 aliphatic rings. The van der Waals surface area contributed by atoms with Crippen LogP contribution < -0.4 is 0 Å². The Morgan fingerprint density at radius 1 is 0.278 bits per heavy atom. The highest BCUT2D eigenvalue weighted by Crippen LogP contribution is 2.45. The number of hydrogen-bond acceptors (Lipinski definition) is 15. The number of phosphoric ester groups is 2. The predicted molar refractivity (Wildman–Crippen MR) is 395 cm³/mol. The van der Waals surface area contributed by atoms with Crippen molar-refractivity contribution in [2.75, 3.05) is 39.6 Å². The smallest absolute Gasteiger partial charge is 0.462 e. The highest BCUT2D eigenvalue weighted by molar-refractivity contribution is 7.47. The van der Waals surface area contributed by atoms with Crippen LogP contribution in [0.4, 0.5) is 0 Å². The quantitative estimate of drug-likeness (QED) is 0.0222. The minimum atomic E-state index is -4.96. The third-order valence-corrected chi connectivity index (χ3v) is 20.2.